The zero-order chi connectivity index (χ0) is 10.7. The predicted octanol–water partition coefficient (Wildman–Crippen LogP) is 1.18. The Hall–Kier alpha value is -1.39. The average Bonchev–Trinajstić information content (AvgIpc) is 2.59. The molecule has 1 aromatic heterocycles. The number of hydrogen-bond acceptors (Lipinski definition) is 3. The van der Waals surface area contributed by atoms with Gasteiger partial charge in [-0.15, -0.1) is 0 Å². The van der Waals surface area contributed by atoms with E-state index in [-0.39, 0.29) is 6.61 Å². The average molecular weight is 206 g/mol. The normalized spacial score (nSPS) is 11.1. The Balaban J connectivity index is 2.53. The molecule has 0 aliphatic rings. The first-order valence-electron chi connectivity index (χ1n) is 4.90. The maximum atomic E-state index is 9.00. The Morgan fingerprint density at radius 1 is 1.40 bits per heavy atom. The lowest BCUT2D eigenvalue weighted by atomic mass is 10.3. The van der Waals surface area contributed by atoms with E-state index in [4.69, 9.17) is 9.84 Å². The second-order valence-electron chi connectivity index (χ2n) is 3.33. The number of aliphatic hydroxyl groups excluding tert-OH is 1. The molecule has 2 aromatic rings. The van der Waals surface area contributed by atoms with Crippen LogP contribution in [0.5, 0.6) is 0 Å². The van der Waals surface area contributed by atoms with Gasteiger partial charge in [-0.1, -0.05) is 12.1 Å². The number of rotatable bonds is 4. The summed E-state index contributed by atoms with van der Waals surface area (Å²) in [5.74, 6) is 0.854. The Kier molecular flexibility index (Phi) is 2.99. The van der Waals surface area contributed by atoms with Crippen LogP contribution in [-0.4, -0.2) is 28.4 Å². The molecule has 0 spiro atoms. The lowest BCUT2D eigenvalue weighted by molar-refractivity contribution is 0.172. The molecule has 15 heavy (non-hydrogen) atoms. The van der Waals surface area contributed by atoms with Gasteiger partial charge >= 0.3 is 0 Å². The predicted molar refractivity (Wildman–Crippen MR) is 57.5 cm³/mol. The molecule has 1 heterocycles. The third-order valence-electron chi connectivity index (χ3n) is 2.33. The summed E-state index contributed by atoms with van der Waals surface area (Å²) in [4.78, 5) is 4.45. The summed E-state index contributed by atoms with van der Waals surface area (Å²) in [7, 11) is 1.64. The molecule has 1 aromatic carbocycles. The fourth-order valence-corrected chi connectivity index (χ4v) is 1.71. The number of imidazole rings is 1. The number of aromatic nitrogens is 2. The summed E-state index contributed by atoms with van der Waals surface area (Å²) in [5, 5.41) is 9.00. The molecule has 0 radical (unpaired) electrons. The van der Waals surface area contributed by atoms with Crippen molar-refractivity contribution in [3.63, 3.8) is 0 Å². The van der Waals surface area contributed by atoms with Crippen molar-refractivity contribution < 1.29 is 9.84 Å². The number of benzene rings is 1. The molecule has 0 aliphatic carbocycles. The maximum Gasteiger partial charge on any atom is 0.136 e. The quantitative estimate of drug-likeness (QED) is 0.817. The van der Waals surface area contributed by atoms with Crippen LogP contribution in [0.2, 0.25) is 0 Å². The van der Waals surface area contributed by atoms with Gasteiger partial charge in [0.15, 0.2) is 0 Å². The molecule has 2 rings (SSSR count). The van der Waals surface area contributed by atoms with Gasteiger partial charge in [0.25, 0.3) is 0 Å². The summed E-state index contributed by atoms with van der Waals surface area (Å²) in [6, 6.07) is 7.88. The fraction of sp³-hybridized carbons (Fsp3) is 0.364. The number of hydrogen-bond donors (Lipinski definition) is 1. The van der Waals surface area contributed by atoms with Crippen molar-refractivity contribution in [2.45, 2.75) is 13.2 Å². The smallest absolute Gasteiger partial charge is 0.136 e. The second-order valence-corrected chi connectivity index (χ2v) is 3.33. The van der Waals surface area contributed by atoms with E-state index >= 15 is 0 Å². The topological polar surface area (TPSA) is 47.3 Å². The van der Waals surface area contributed by atoms with E-state index in [1.807, 2.05) is 28.8 Å². The van der Waals surface area contributed by atoms with Crippen LogP contribution in [0.4, 0.5) is 0 Å². The molecule has 0 amide bonds. The molecule has 4 heteroatoms. The Labute approximate surface area is 88.1 Å². The van der Waals surface area contributed by atoms with Crippen molar-refractivity contribution in [3.05, 3.63) is 30.1 Å². The molecule has 1 N–H and O–H groups in total. The summed E-state index contributed by atoms with van der Waals surface area (Å²) < 4.78 is 7.06. The van der Waals surface area contributed by atoms with E-state index in [2.05, 4.69) is 4.98 Å². The van der Waals surface area contributed by atoms with Crippen molar-refractivity contribution >= 4 is 11.0 Å². The van der Waals surface area contributed by atoms with Crippen LogP contribution in [-0.2, 0) is 17.9 Å². The number of fused-ring (bicyclic) bond motifs is 1. The molecule has 0 atom stereocenters. The molecule has 0 unspecified atom stereocenters. The molecule has 0 aliphatic heterocycles. The molecule has 4 nitrogen and oxygen atoms in total. The molecule has 0 fully saturated rings. The van der Waals surface area contributed by atoms with Crippen molar-refractivity contribution in [2.75, 3.05) is 13.7 Å². The standard InChI is InChI=1S/C11H14N2O2/c1-15-8-11-12-9-4-2-3-5-10(9)13(11)6-7-14/h2-5,14H,6-8H2,1H3. The van der Waals surface area contributed by atoms with Crippen LogP contribution >= 0.6 is 0 Å². The van der Waals surface area contributed by atoms with Crippen LogP contribution in [0.15, 0.2) is 24.3 Å². The van der Waals surface area contributed by atoms with E-state index in [9.17, 15) is 0 Å². The molecule has 0 bridgehead atoms. The second kappa shape index (κ2) is 4.42. The van der Waals surface area contributed by atoms with Crippen LogP contribution in [0.3, 0.4) is 0 Å². The van der Waals surface area contributed by atoms with Crippen molar-refractivity contribution in [1.82, 2.24) is 9.55 Å². The highest BCUT2D eigenvalue weighted by molar-refractivity contribution is 5.75. The monoisotopic (exact) mass is 206 g/mol. The molecular weight excluding hydrogens is 192 g/mol. The van der Waals surface area contributed by atoms with Crippen LogP contribution < -0.4 is 0 Å². The fourth-order valence-electron chi connectivity index (χ4n) is 1.71. The Bertz CT molecular complexity index is 451. The van der Waals surface area contributed by atoms with Crippen LogP contribution in [0.1, 0.15) is 5.82 Å². The van der Waals surface area contributed by atoms with E-state index in [0.717, 1.165) is 16.9 Å². The Morgan fingerprint density at radius 3 is 2.93 bits per heavy atom. The summed E-state index contributed by atoms with van der Waals surface area (Å²) >= 11 is 0. The maximum absolute atomic E-state index is 9.00. The van der Waals surface area contributed by atoms with E-state index in [1.165, 1.54) is 0 Å². The van der Waals surface area contributed by atoms with Gasteiger partial charge in [0.1, 0.15) is 12.4 Å². The van der Waals surface area contributed by atoms with Gasteiger partial charge in [-0.05, 0) is 12.1 Å². The van der Waals surface area contributed by atoms with Crippen molar-refractivity contribution in [1.29, 1.82) is 0 Å². The number of ether oxygens (including phenoxy) is 1. The number of para-hydroxylation sites is 2. The highest BCUT2D eigenvalue weighted by atomic mass is 16.5. The molecule has 80 valence electrons. The van der Waals surface area contributed by atoms with Gasteiger partial charge in [-0.2, -0.15) is 0 Å². The van der Waals surface area contributed by atoms with Crippen LogP contribution in [0, 0.1) is 0 Å². The molecule has 0 saturated heterocycles. The summed E-state index contributed by atoms with van der Waals surface area (Å²) in [6.45, 7) is 1.13. The van der Waals surface area contributed by atoms with E-state index < -0.39 is 0 Å². The number of aliphatic hydroxyl groups is 1. The van der Waals surface area contributed by atoms with Gasteiger partial charge in [-0.25, -0.2) is 4.98 Å². The third-order valence-corrected chi connectivity index (χ3v) is 2.33. The van der Waals surface area contributed by atoms with E-state index in [1.54, 1.807) is 7.11 Å². The first-order valence-corrected chi connectivity index (χ1v) is 4.90. The lowest BCUT2D eigenvalue weighted by Gasteiger charge is -2.05. The third kappa shape index (κ3) is 1.86. The van der Waals surface area contributed by atoms with Crippen molar-refractivity contribution in [2.24, 2.45) is 0 Å². The zero-order valence-electron chi connectivity index (χ0n) is 8.68. The Morgan fingerprint density at radius 2 is 2.20 bits per heavy atom. The highest BCUT2D eigenvalue weighted by Gasteiger charge is 2.08. The number of nitrogens with zero attached hydrogens (tertiary/aromatic N) is 2. The van der Waals surface area contributed by atoms with Crippen LogP contribution in [0.25, 0.3) is 11.0 Å². The summed E-state index contributed by atoms with van der Waals surface area (Å²) in [6.07, 6.45) is 0. The minimum atomic E-state index is 0.108. The van der Waals surface area contributed by atoms with Gasteiger partial charge in [0.05, 0.1) is 17.6 Å². The minimum absolute atomic E-state index is 0.108. The van der Waals surface area contributed by atoms with E-state index in [0.29, 0.717) is 13.2 Å². The molecular formula is C11H14N2O2. The minimum Gasteiger partial charge on any atom is -0.395 e. The van der Waals surface area contributed by atoms with Gasteiger partial charge < -0.3 is 14.4 Å². The van der Waals surface area contributed by atoms with Gasteiger partial charge in [0, 0.05) is 13.7 Å². The van der Waals surface area contributed by atoms with Gasteiger partial charge in [0.2, 0.25) is 0 Å². The number of methoxy groups -OCH3 is 1. The SMILES string of the molecule is COCc1nc2ccccc2n1CCO. The first-order chi connectivity index (χ1) is 7.36. The van der Waals surface area contributed by atoms with Crippen molar-refractivity contribution in [3.8, 4) is 0 Å². The van der Waals surface area contributed by atoms with Gasteiger partial charge in [-0.3, -0.25) is 0 Å². The largest absolute Gasteiger partial charge is 0.395 e. The zero-order valence-corrected chi connectivity index (χ0v) is 8.68. The highest BCUT2D eigenvalue weighted by Crippen LogP contribution is 2.16. The lowest BCUT2D eigenvalue weighted by Crippen LogP contribution is -2.07. The first kappa shape index (κ1) is 10.1. The molecule has 0 saturated carbocycles. The summed E-state index contributed by atoms with van der Waals surface area (Å²) in [5.41, 5.74) is 1.98.